The molecule has 0 spiro atoms. The van der Waals surface area contributed by atoms with E-state index < -0.39 is 0 Å². The van der Waals surface area contributed by atoms with E-state index in [1.54, 1.807) is 0 Å². The van der Waals surface area contributed by atoms with E-state index in [2.05, 4.69) is 182 Å². The first-order chi connectivity index (χ1) is 36.3. The summed E-state index contributed by atoms with van der Waals surface area (Å²) in [6, 6.07) is 51.0. The number of para-hydroxylation sites is 2. The van der Waals surface area contributed by atoms with E-state index in [1.807, 2.05) is 35.2 Å². The van der Waals surface area contributed by atoms with Crippen LogP contribution in [-0.4, -0.2) is 17.7 Å². The van der Waals surface area contributed by atoms with Crippen LogP contribution in [0.25, 0.3) is 86.2 Å². The molecule has 0 saturated carbocycles. The van der Waals surface area contributed by atoms with Crippen LogP contribution < -0.4 is 9.80 Å². The Balaban J connectivity index is 0.882. The minimum atomic E-state index is -0.281. The Bertz CT molecular complexity index is 4460. The fraction of sp³-hybridized carbons (Fsp3) is 0.186. The second-order valence-corrected chi connectivity index (χ2v) is 22.3. The Labute approximate surface area is 436 Å². The number of imide groups is 1. The molecular weight excluding hydrogens is 917 g/mol. The van der Waals surface area contributed by atoms with E-state index in [0.29, 0.717) is 23.4 Å². The Kier molecular flexibility index (Phi) is 9.73. The molecule has 14 rings (SSSR count). The molecule has 75 heavy (non-hydrogen) atoms. The van der Waals surface area contributed by atoms with Crippen LogP contribution in [0.15, 0.2) is 146 Å². The molecule has 0 aliphatic carbocycles. The van der Waals surface area contributed by atoms with Crippen molar-refractivity contribution in [1.82, 2.24) is 0 Å². The van der Waals surface area contributed by atoms with Crippen molar-refractivity contribution in [3.63, 3.8) is 0 Å². The van der Waals surface area contributed by atoms with Crippen LogP contribution >= 0.6 is 0 Å². The normalized spacial score (nSPS) is 13.9. The molecule has 12 aromatic carbocycles. The predicted molar refractivity (Wildman–Crippen MR) is 312 cm³/mol. The molecule has 0 bridgehead atoms. The van der Waals surface area contributed by atoms with Crippen LogP contribution in [0.4, 0.5) is 11.4 Å². The van der Waals surface area contributed by atoms with Gasteiger partial charge in [0.2, 0.25) is 0 Å². The van der Waals surface area contributed by atoms with Crippen LogP contribution in [0.3, 0.4) is 0 Å². The van der Waals surface area contributed by atoms with Crippen LogP contribution in [0.2, 0.25) is 0 Å². The standard InChI is InChI=1S/C70H54N2O3/c1-36(2)43-13-9-14-44(37(3)4)66(43)71-35-42-25-28-53-51-26-23-40(47-17-11-19-49(61(47)51)54-29-32-57(68(71)73)60(42)63(53)54)21-22-41-24-27-52-56-31-34-59-65-58(33-30-55(64(56)65)50-20-12-18-48(41)62(50)52)69(74)72(70(59)75)67-45(38(5)6)15-10-16-46(67)39(7)8/h9-20,23-34,36-39H,35H2,1-8H3. The lowest BCUT2D eigenvalue weighted by atomic mass is 9.83. The summed E-state index contributed by atoms with van der Waals surface area (Å²) in [5, 5.41) is 17.1. The van der Waals surface area contributed by atoms with Gasteiger partial charge in [-0.1, -0.05) is 182 Å². The van der Waals surface area contributed by atoms with Crippen LogP contribution in [0.5, 0.6) is 0 Å². The minimum Gasteiger partial charge on any atom is -0.303 e. The molecular formula is C70H54N2O3. The summed E-state index contributed by atoms with van der Waals surface area (Å²) in [7, 11) is 0. The van der Waals surface area contributed by atoms with Gasteiger partial charge in [-0.05, 0) is 157 Å². The molecule has 2 aliphatic rings. The van der Waals surface area contributed by atoms with Crippen molar-refractivity contribution in [2.24, 2.45) is 0 Å². The second kappa shape index (κ2) is 16.2. The number of hydrogen-bond acceptors (Lipinski definition) is 3. The smallest absolute Gasteiger partial charge is 0.266 e. The van der Waals surface area contributed by atoms with Gasteiger partial charge < -0.3 is 4.90 Å². The summed E-state index contributed by atoms with van der Waals surface area (Å²) in [5.74, 6) is 7.56. The lowest BCUT2D eigenvalue weighted by Crippen LogP contribution is -2.41. The minimum absolute atomic E-state index is 0.0583. The van der Waals surface area contributed by atoms with Crippen molar-refractivity contribution >= 4 is 115 Å². The molecule has 2 heterocycles. The summed E-state index contributed by atoms with van der Waals surface area (Å²) >= 11 is 0. The van der Waals surface area contributed by atoms with Gasteiger partial charge in [0.1, 0.15) is 0 Å². The highest BCUT2D eigenvalue weighted by Crippen LogP contribution is 2.49. The molecule has 0 unspecified atom stereocenters. The largest absolute Gasteiger partial charge is 0.303 e. The predicted octanol–water partition coefficient (Wildman–Crippen LogP) is 17.6. The second-order valence-electron chi connectivity index (χ2n) is 22.3. The molecule has 362 valence electrons. The lowest BCUT2D eigenvalue weighted by Gasteiger charge is -2.34. The summed E-state index contributed by atoms with van der Waals surface area (Å²) in [6.45, 7) is 17.8. The van der Waals surface area contributed by atoms with E-state index in [0.717, 1.165) is 114 Å². The third kappa shape index (κ3) is 6.17. The number of rotatable bonds is 6. The molecule has 0 N–H and O–H groups in total. The molecule has 5 nitrogen and oxygen atoms in total. The number of anilines is 2. The molecule has 0 atom stereocenters. The zero-order valence-electron chi connectivity index (χ0n) is 43.5. The van der Waals surface area contributed by atoms with Gasteiger partial charge in [-0.3, -0.25) is 14.4 Å². The van der Waals surface area contributed by atoms with Gasteiger partial charge in [-0.15, -0.1) is 0 Å². The molecule has 0 radical (unpaired) electrons. The fourth-order valence-corrected chi connectivity index (χ4v) is 13.4. The van der Waals surface area contributed by atoms with Gasteiger partial charge >= 0.3 is 0 Å². The Morgan fingerprint density at radius 2 is 0.680 bits per heavy atom. The lowest BCUT2D eigenvalue weighted by molar-refractivity contribution is 0.0891. The molecule has 2 aliphatic heterocycles. The van der Waals surface area contributed by atoms with Crippen molar-refractivity contribution in [2.75, 3.05) is 9.80 Å². The van der Waals surface area contributed by atoms with Crippen molar-refractivity contribution in [3.8, 4) is 11.8 Å². The number of carbonyl (C=O) groups excluding carboxylic acids is 3. The Morgan fingerprint density at radius 3 is 1.13 bits per heavy atom. The Hall–Kier alpha value is -8.59. The maximum absolute atomic E-state index is 14.8. The van der Waals surface area contributed by atoms with E-state index >= 15 is 0 Å². The summed E-state index contributed by atoms with van der Waals surface area (Å²) in [4.78, 5) is 48.0. The van der Waals surface area contributed by atoms with Crippen LogP contribution in [0.1, 0.15) is 149 Å². The van der Waals surface area contributed by atoms with E-state index in [9.17, 15) is 14.4 Å². The first-order valence-electron chi connectivity index (χ1n) is 26.6. The topological polar surface area (TPSA) is 57.7 Å². The zero-order valence-corrected chi connectivity index (χ0v) is 43.5. The fourth-order valence-electron chi connectivity index (χ4n) is 13.4. The highest BCUT2D eigenvalue weighted by atomic mass is 16.2. The average molecular weight is 971 g/mol. The monoisotopic (exact) mass is 970 g/mol. The number of nitrogens with zero attached hydrogens (tertiary/aromatic N) is 2. The number of carbonyl (C=O) groups is 3. The Morgan fingerprint density at radius 1 is 0.333 bits per heavy atom. The highest BCUT2D eigenvalue weighted by molar-refractivity contribution is 6.43. The molecule has 0 aromatic heterocycles. The summed E-state index contributed by atoms with van der Waals surface area (Å²) < 4.78 is 0. The van der Waals surface area contributed by atoms with Gasteiger partial charge in [-0.2, -0.15) is 0 Å². The van der Waals surface area contributed by atoms with Gasteiger partial charge in [0.15, 0.2) is 0 Å². The zero-order chi connectivity index (χ0) is 51.5. The van der Waals surface area contributed by atoms with E-state index in [-0.39, 0.29) is 41.4 Å². The van der Waals surface area contributed by atoms with Crippen molar-refractivity contribution < 1.29 is 14.4 Å². The first-order valence-corrected chi connectivity index (χ1v) is 26.6. The summed E-state index contributed by atoms with van der Waals surface area (Å²) in [5.41, 5.74) is 11.1. The van der Waals surface area contributed by atoms with Crippen molar-refractivity contribution in [1.29, 1.82) is 0 Å². The van der Waals surface area contributed by atoms with Gasteiger partial charge in [-0.25, -0.2) is 4.90 Å². The number of benzene rings is 12. The third-order valence-corrected chi connectivity index (χ3v) is 16.8. The maximum Gasteiger partial charge on any atom is 0.266 e. The SMILES string of the molecule is CC(C)c1cccc(C(C)C)c1N1Cc2ccc3c4ccc(C#Cc5ccc6c7ccc8c9c(ccc(c%10cccc5c%106)c97)C(=O)N(c5c(C(C)C)cccc5C(C)C)C8=O)c5cccc(c6ccc(c2c36)C1=O)c54. The number of amides is 3. The van der Waals surface area contributed by atoms with E-state index in [4.69, 9.17) is 0 Å². The van der Waals surface area contributed by atoms with Crippen LogP contribution in [-0.2, 0) is 6.54 Å². The van der Waals surface area contributed by atoms with Crippen molar-refractivity contribution in [3.05, 3.63) is 201 Å². The third-order valence-electron chi connectivity index (χ3n) is 16.8. The van der Waals surface area contributed by atoms with Crippen LogP contribution in [0, 0.1) is 11.8 Å². The molecule has 5 heteroatoms. The van der Waals surface area contributed by atoms with Gasteiger partial charge in [0, 0.05) is 38.6 Å². The average Bonchev–Trinajstić information content (AvgIpc) is 3.44. The van der Waals surface area contributed by atoms with Gasteiger partial charge in [0.05, 0.1) is 17.9 Å². The molecule has 0 saturated heterocycles. The molecule has 0 fully saturated rings. The number of hydrogen-bond donors (Lipinski definition) is 0. The highest BCUT2D eigenvalue weighted by Gasteiger charge is 2.38. The number of fused-ring (bicyclic) bond motifs is 4. The van der Waals surface area contributed by atoms with Crippen molar-refractivity contribution in [2.45, 2.75) is 85.6 Å². The van der Waals surface area contributed by atoms with E-state index in [1.165, 1.54) is 27.0 Å². The molecule has 12 aromatic rings. The quantitative estimate of drug-likeness (QED) is 0.0722. The first kappa shape index (κ1) is 45.1. The van der Waals surface area contributed by atoms with Gasteiger partial charge in [0.25, 0.3) is 17.7 Å². The molecule has 3 amide bonds. The maximum atomic E-state index is 14.8. The summed E-state index contributed by atoms with van der Waals surface area (Å²) in [6.07, 6.45) is 0.